The van der Waals surface area contributed by atoms with Gasteiger partial charge >= 0.3 is 5.69 Å². The smallest absolute Gasteiger partial charge is 0.324 e. The maximum Gasteiger partial charge on any atom is 0.377 e. The lowest BCUT2D eigenvalue weighted by molar-refractivity contribution is -0.736. The lowest BCUT2D eigenvalue weighted by Crippen LogP contribution is -2.07. The number of nitrogens with one attached hydrogen (secondary N) is 3. The van der Waals surface area contributed by atoms with Crippen molar-refractivity contribution < 1.29 is 9.76 Å². The Balaban J connectivity index is 1.63. The topological polar surface area (TPSA) is 108 Å². The Kier molecular flexibility index (Phi) is 4.82. The van der Waals surface area contributed by atoms with Crippen LogP contribution in [0.3, 0.4) is 0 Å². The molecule has 0 aliphatic heterocycles. The minimum Gasteiger partial charge on any atom is -0.324 e. The van der Waals surface area contributed by atoms with Crippen molar-refractivity contribution in [2.75, 3.05) is 17.7 Å². The standard InChI is InChI=1S/C18H19ClN7O2/c1-10-7-12(19)5-6-13(10)21-18-20-9-15(26(27)28-2)17(23-18)22-16-8-14(24-25-16)11-3-4-11/h5-9,11H,3-4H2,1-2H3,(H3,20,21,22,23,24,25)/q+1. The van der Waals surface area contributed by atoms with Gasteiger partial charge in [-0.1, -0.05) is 11.6 Å². The molecule has 1 saturated carbocycles. The SMILES string of the molecule is CO[N+](=O)c1cnc(Nc2ccc(Cl)cc2C)nc1Nc1cc(C2CC2)n[nH]1. The lowest BCUT2D eigenvalue weighted by Gasteiger charge is -2.09. The van der Waals surface area contributed by atoms with Crippen LogP contribution in [0.15, 0.2) is 30.5 Å². The number of aromatic nitrogens is 4. The third-order valence-corrected chi connectivity index (χ3v) is 4.65. The van der Waals surface area contributed by atoms with Crippen molar-refractivity contribution >= 4 is 40.6 Å². The number of hydrogen-bond donors (Lipinski definition) is 3. The van der Waals surface area contributed by atoms with Gasteiger partial charge in [-0.15, -0.1) is 0 Å². The summed E-state index contributed by atoms with van der Waals surface area (Å²) in [5.41, 5.74) is 2.90. The van der Waals surface area contributed by atoms with E-state index in [-0.39, 0.29) is 11.5 Å². The number of aryl methyl sites for hydroxylation is 1. The maximum absolute atomic E-state index is 12.0. The van der Waals surface area contributed by atoms with Crippen molar-refractivity contribution in [2.24, 2.45) is 0 Å². The first-order valence-electron chi connectivity index (χ1n) is 8.77. The molecule has 3 aromatic rings. The highest BCUT2D eigenvalue weighted by Gasteiger charge is 2.28. The van der Waals surface area contributed by atoms with Crippen molar-refractivity contribution in [3.63, 3.8) is 0 Å². The number of aromatic amines is 1. The zero-order valence-corrected chi connectivity index (χ0v) is 16.1. The minimum absolute atomic E-state index is 0.142. The normalized spacial score (nSPS) is 13.2. The molecule has 10 heteroatoms. The number of hydrogen-bond acceptors (Lipinski definition) is 7. The van der Waals surface area contributed by atoms with E-state index in [1.807, 2.05) is 25.1 Å². The van der Waals surface area contributed by atoms with Gasteiger partial charge in [0, 0.05) is 22.7 Å². The first-order valence-corrected chi connectivity index (χ1v) is 9.15. The number of benzene rings is 1. The van der Waals surface area contributed by atoms with Crippen molar-refractivity contribution in [1.29, 1.82) is 0 Å². The van der Waals surface area contributed by atoms with Crippen LogP contribution in [0.5, 0.6) is 0 Å². The third-order valence-electron chi connectivity index (χ3n) is 4.41. The van der Waals surface area contributed by atoms with Crippen LogP contribution in [-0.4, -0.2) is 32.2 Å². The molecule has 0 radical (unpaired) electrons. The molecule has 2 aromatic heterocycles. The summed E-state index contributed by atoms with van der Waals surface area (Å²) in [6.45, 7) is 1.93. The Labute approximate surface area is 166 Å². The van der Waals surface area contributed by atoms with Gasteiger partial charge in [0.2, 0.25) is 11.8 Å². The predicted molar refractivity (Wildman–Crippen MR) is 106 cm³/mol. The fourth-order valence-electron chi connectivity index (χ4n) is 2.76. The number of nitrogens with zero attached hydrogens (tertiary/aromatic N) is 4. The van der Waals surface area contributed by atoms with Crippen LogP contribution in [0.1, 0.15) is 30.0 Å². The molecule has 0 spiro atoms. The van der Waals surface area contributed by atoms with E-state index in [0.717, 1.165) is 29.8 Å². The summed E-state index contributed by atoms with van der Waals surface area (Å²) >= 11 is 6.00. The van der Waals surface area contributed by atoms with Gasteiger partial charge in [0.1, 0.15) is 12.0 Å². The molecule has 0 amide bonds. The van der Waals surface area contributed by atoms with Gasteiger partial charge < -0.3 is 10.6 Å². The van der Waals surface area contributed by atoms with Gasteiger partial charge in [-0.2, -0.15) is 10.1 Å². The fraction of sp³-hybridized carbons (Fsp3) is 0.278. The van der Waals surface area contributed by atoms with E-state index in [4.69, 9.17) is 16.4 Å². The summed E-state index contributed by atoms with van der Waals surface area (Å²) in [5.74, 6) is 1.76. The average molecular weight is 401 g/mol. The first-order chi connectivity index (χ1) is 13.5. The minimum atomic E-state index is 0.142. The Hall–Kier alpha value is -3.20. The van der Waals surface area contributed by atoms with Crippen LogP contribution in [0.25, 0.3) is 0 Å². The molecule has 1 aliphatic carbocycles. The van der Waals surface area contributed by atoms with E-state index in [9.17, 15) is 4.91 Å². The van der Waals surface area contributed by atoms with Crippen LogP contribution in [0.2, 0.25) is 5.02 Å². The van der Waals surface area contributed by atoms with E-state index in [1.54, 1.807) is 6.07 Å². The summed E-state index contributed by atoms with van der Waals surface area (Å²) < 4.78 is 0. The highest BCUT2D eigenvalue weighted by Crippen LogP contribution is 2.40. The van der Waals surface area contributed by atoms with Crippen LogP contribution in [-0.2, 0) is 4.84 Å². The zero-order chi connectivity index (χ0) is 19.7. The van der Waals surface area contributed by atoms with E-state index < -0.39 is 0 Å². The van der Waals surface area contributed by atoms with Gasteiger partial charge in [0.15, 0.2) is 7.11 Å². The molecular weight excluding hydrogens is 382 g/mol. The third kappa shape index (κ3) is 3.89. The predicted octanol–water partition coefficient (Wildman–Crippen LogP) is 4.50. The van der Waals surface area contributed by atoms with Crippen molar-refractivity contribution in [2.45, 2.75) is 25.7 Å². The van der Waals surface area contributed by atoms with Gasteiger partial charge in [0.25, 0.3) is 4.92 Å². The number of anilines is 4. The molecule has 0 saturated heterocycles. The molecular formula is C18H19ClN7O2+. The van der Waals surface area contributed by atoms with Gasteiger partial charge in [-0.05, 0) is 43.5 Å². The molecule has 4 rings (SSSR count). The van der Waals surface area contributed by atoms with E-state index in [0.29, 0.717) is 27.6 Å². The zero-order valence-electron chi connectivity index (χ0n) is 15.4. The summed E-state index contributed by atoms with van der Waals surface area (Å²) in [5, 5.41) is 14.1. The van der Waals surface area contributed by atoms with Gasteiger partial charge in [-0.3, -0.25) is 5.10 Å². The van der Waals surface area contributed by atoms with Crippen molar-refractivity contribution in [3.05, 3.63) is 51.6 Å². The molecule has 1 aliphatic rings. The largest absolute Gasteiger partial charge is 0.377 e. The lowest BCUT2D eigenvalue weighted by atomic mass is 10.2. The number of halogens is 1. The Bertz CT molecular complexity index is 1030. The molecule has 9 nitrogen and oxygen atoms in total. The van der Waals surface area contributed by atoms with Gasteiger partial charge in [-0.25, -0.2) is 9.82 Å². The molecule has 1 fully saturated rings. The van der Waals surface area contributed by atoms with Crippen LogP contribution in [0, 0.1) is 11.8 Å². The molecule has 1 aromatic carbocycles. The van der Waals surface area contributed by atoms with Crippen molar-refractivity contribution in [1.82, 2.24) is 20.2 Å². The summed E-state index contributed by atoms with van der Waals surface area (Å²) in [4.78, 5) is 25.8. The number of H-pyrrole nitrogens is 1. The monoisotopic (exact) mass is 400 g/mol. The number of rotatable bonds is 7. The molecule has 0 bridgehead atoms. The van der Waals surface area contributed by atoms with Crippen LogP contribution < -0.4 is 10.6 Å². The second-order valence-electron chi connectivity index (χ2n) is 6.56. The summed E-state index contributed by atoms with van der Waals surface area (Å²) in [6, 6.07) is 7.38. The van der Waals surface area contributed by atoms with E-state index in [2.05, 4.69) is 30.8 Å². The second-order valence-corrected chi connectivity index (χ2v) is 6.99. The molecule has 3 N–H and O–H groups in total. The Morgan fingerprint density at radius 1 is 1.29 bits per heavy atom. The highest BCUT2D eigenvalue weighted by atomic mass is 35.5. The molecule has 2 heterocycles. The first kappa shape index (κ1) is 18.2. The fourth-order valence-corrected chi connectivity index (χ4v) is 2.99. The van der Waals surface area contributed by atoms with E-state index >= 15 is 0 Å². The van der Waals surface area contributed by atoms with Crippen molar-refractivity contribution in [3.8, 4) is 0 Å². The molecule has 28 heavy (non-hydrogen) atoms. The Morgan fingerprint density at radius 3 is 2.82 bits per heavy atom. The van der Waals surface area contributed by atoms with Crippen LogP contribution >= 0.6 is 11.6 Å². The summed E-state index contributed by atoms with van der Waals surface area (Å²) in [6.07, 6.45) is 3.68. The average Bonchev–Trinajstić information content (AvgIpc) is 3.43. The maximum atomic E-state index is 12.0. The molecule has 0 atom stereocenters. The second kappa shape index (κ2) is 7.43. The summed E-state index contributed by atoms with van der Waals surface area (Å²) in [7, 11) is 1.28. The molecule has 0 unspecified atom stereocenters. The quantitative estimate of drug-likeness (QED) is 0.501. The highest BCUT2D eigenvalue weighted by molar-refractivity contribution is 6.30. The van der Waals surface area contributed by atoms with Gasteiger partial charge in [0.05, 0.1) is 10.6 Å². The Morgan fingerprint density at radius 2 is 2.11 bits per heavy atom. The van der Waals surface area contributed by atoms with Crippen LogP contribution in [0.4, 0.5) is 29.0 Å². The van der Waals surface area contributed by atoms with E-state index in [1.165, 1.54) is 13.3 Å². The molecule has 144 valence electrons.